The van der Waals surface area contributed by atoms with E-state index in [9.17, 15) is 14.0 Å². The molecule has 3 heterocycles. The highest BCUT2D eigenvalue weighted by atomic mass is 19.1. The predicted octanol–water partition coefficient (Wildman–Crippen LogP) is 4.37. The number of furan rings is 1. The van der Waals surface area contributed by atoms with Crippen LogP contribution in [0.1, 0.15) is 43.1 Å². The van der Waals surface area contributed by atoms with E-state index in [-0.39, 0.29) is 24.4 Å². The average molecular weight is 421 g/mol. The maximum Gasteiger partial charge on any atom is 0.275 e. The summed E-state index contributed by atoms with van der Waals surface area (Å²) in [6, 6.07) is 13.1. The Bertz CT molecular complexity index is 1130. The second-order valence-corrected chi connectivity index (χ2v) is 8.52. The van der Waals surface area contributed by atoms with Crippen molar-refractivity contribution in [3.05, 3.63) is 66.3 Å². The Hall–Kier alpha value is -3.35. The number of rotatable bonds is 4. The van der Waals surface area contributed by atoms with Gasteiger partial charge in [-0.05, 0) is 62.2 Å². The van der Waals surface area contributed by atoms with Crippen LogP contribution in [0.4, 0.5) is 10.1 Å². The lowest BCUT2D eigenvalue weighted by Gasteiger charge is -2.44. The fraction of sp³-hybridized carbons (Fsp3) is 0.333. The van der Waals surface area contributed by atoms with Crippen LogP contribution in [0, 0.1) is 5.82 Å². The third kappa shape index (κ3) is 3.24. The molecule has 0 unspecified atom stereocenters. The summed E-state index contributed by atoms with van der Waals surface area (Å²) < 4.78 is 21.4. The summed E-state index contributed by atoms with van der Waals surface area (Å²) in [6.45, 7) is 1.97. The zero-order valence-electron chi connectivity index (χ0n) is 17.3. The molecule has 1 aliphatic heterocycles. The van der Waals surface area contributed by atoms with Crippen LogP contribution in [-0.2, 0) is 11.3 Å². The van der Waals surface area contributed by atoms with Crippen molar-refractivity contribution in [3.63, 3.8) is 0 Å². The molecule has 5 rings (SSSR count). The highest BCUT2D eigenvalue weighted by Gasteiger charge is 2.49. The van der Waals surface area contributed by atoms with Crippen LogP contribution in [0.3, 0.4) is 0 Å². The number of nitrogens with one attached hydrogen (secondary N) is 1. The largest absolute Gasteiger partial charge is 0.463 e. The van der Waals surface area contributed by atoms with Crippen molar-refractivity contribution in [3.8, 4) is 11.5 Å². The van der Waals surface area contributed by atoms with Crippen molar-refractivity contribution < 1.29 is 18.4 Å². The summed E-state index contributed by atoms with van der Waals surface area (Å²) in [6.07, 6.45) is 5.60. The molecule has 1 fully saturated rings. The smallest absolute Gasteiger partial charge is 0.275 e. The number of benzene rings is 1. The lowest BCUT2D eigenvalue weighted by atomic mass is 9.93. The number of fused-ring (bicyclic) bond motifs is 1. The minimum Gasteiger partial charge on any atom is -0.463 e. The minimum absolute atomic E-state index is 0.101. The van der Waals surface area contributed by atoms with Crippen LogP contribution in [0.15, 0.2) is 59.2 Å². The van der Waals surface area contributed by atoms with Gasteiger partial charge in [0.25, 0.3) is 5.91 Å². The van der Waals surface area contributed by atoms with Gasteiger partial charge in [-0.1, -0.05) is 18.9 Å². The van der Waals surface area contributed by atoms with Crippen LogP contribution < -0.4 is 10.2 Å². The number of anilines is 1. The van der Waals surface area contributed by atoms with Crippen molar-refractivity contribution >= 4 is 17.5 Å². The van der Waals surface area contributed by atoms with Gasteiger partial charge in [-0.2, -0.15) is 0 Å². The maximum atomic E-state index is 14.1. The summed E-state index contributed by atoms with van der Waals surface area (Å²) in [5, 5.41) is 3.14. The van der Waals surface area contributed by atoms with E-state index in [4.69, 9.17) is 4.42 Å². The SMILES string of the molecule is C[C@]1(C(=O)NC2CCCC2)Cn2c(ccc2-c2ccco2)C(=O)N1c1cccc(F)c1. The standard InChI is InChI=1S/C24H24FN3O3/c1-24(23(30)26-17-7-2-3-8-17)15-27-19(21-10-5-13-31-21)11-12-20(27)22(29)28(24)18-9-4-6-16(25)14-18/h4-6,9-14,17H,2-3,7-8,15H2,1H3,(H,26,30)/t24-/m1/s1. The van der Waals surface area contributed by atoms with Crippen molar-refractivity contribution in [1.29, 1.82) is 0 Å². The monoisotopic (exact) mass is 421 g/mol. The van der Waals surface area contributed by atoms with Gasteiger partial charge in [0.05, 0.1) is 18.5 Å². The van der Waals surface area contributed by atoms with E-state index in [2.05, 4.69) is 5.32 Å². The Morgan fingerprint density at radius 2 is 1.90 bits per heavy atom. The normalized spacial score (nSPS) is 21.4. The molecule has 2 aromatic heterocycles. The van der Waals surface area contributed by atoms with Crippen LogP contribution in [0.25, 0.3) is 11.5 Å². The molecule has 3 aromatic rings. The predicted molar refractivity (Wildman–Crippen MR) is 114 cm³/mol. The van der Waals surface area contributed by atoms with Crippen molar-refractivity contribution in [2.75, 3.05) is 4.90 Å². The quantitative estimate of drug-likeness (QED) is 0.680. The fourth-order valence-electron chi connectivity index (χ4n) is 4.78. The molecule has 0 bridgehead atoms. The summed E-state index contributed by atoms with van der Waals surface area (Å²) in [7, 11) is 0. The third-order valence-electron chi connectivity index (χ3n) is 6.38. The molecule has 0 saturated heterocycles. The van der Waals surface area contributed by atoms with Gasteiger partial charge in [-0.15, -0.1) is 0 Å². The second kappa shape index (κ2) is 7.41. The van der Waals surface area contributed by atoms with Crippen molar-refractivity contribution in [2.24, 2.45) is 0 Å². The first-order valence-corrected chi connectivity index (χ1v) is 10.6. The fourth-order valence-corrected chi connectivity index (χ4v) is 4.78. The molecule has 1 aromatic carbocycles. The molecular weight excluding hydrogens is 397 g/mol. The van der Waals surface area contributed by atoms with E-state index in [1.165, 1.54) is 17.0 Å². The zero-order chi connectivity index (χ0) is 21.6. The van der Waals surface area contributed by atoms with E-state index >= 15 is 0 Å². The molecule has 1 aliphatic carbocycles. The molecule has 0 radical (unpaired) electrons. The van der Waals surface area contributed by atoms with Crippen LogP contribution in [0.2, 0.25) is 0 Å². The summed E-state index contributed by atoms with van der Waals surface area (Å²) in [4.78, 5) is 28.7. The van der Waals surface area contributed by atoms with Gasteiger partial charge in [0.2, 0.25) is 5.91 Å². The topological polar surface area (TPSA) is 67.5 Å². The highest BCUT2D eigenvalue weighted by Crippen LogP contribution is 2.37. The number of nitrogens with zero attached hydrogens (tertiary/aromatic N) is 2. The lowest BCUT2D eigenvalue weighted by molar-refractivity contribution is -0.127. The van der Waals surface area contributed by atoms with Gasteiger partial charge in [0.1, 0.15) is 22.8 Å². The van der Waals surface area contributed by atoms with Crippen LogP contribution >= 0.6 is 0 Å². The lowest BCUT2D eigenvalue weighted by Crippen LogP contribution is -2.65. The van der Waals surface area contributed by atoms with E-state index in [0.29, 0.717) is 17.1 Å². The number of halogens is 1. The average Bonchev–Trinajstić information content (AvgIpc) is 3.49. The number of hydrogen-bond donors (Lipinski definition) is 1. The minimum atomic E-state index is -1.24. The Labute approximate surface area is 179 Å². The molecule has 160 valence electrons. The van der Waals surface area contributed by atoms with Gasteiger partial charge in [-0.3, -0.25) is 14.5 Å². The van der Waals surface area contributed by atoms with E-state index in [0.717, 1.165) is 31.4 Å². The first-order chi connectivity index (χ1) is 15.0. The first-order valence-electron chi connectivity index (χ1n) is 10.6. The van der Waals surface area contributed by atoms with Gasteiger partial charge in [-0.25, -0.2) is 4.39 Å². The molecule has 1 atom stereocenters. The van der Waals surface area contributed by atoms with Gasteiger partial charge in [0, 0.05) is 11.7 Å². The molecule has 1 N–H and O–H groups in total. The Morgan fingerprint density at radius 1 is 1.13 bits per heavy atom. The number of carbonyl (C=O) groups excluding carboxylic acids is 2. The number of aromatic nitrogens is 1. The zero-order valence-corrected chi connectivity index (χ0v) is 17.3. The van der Waals surface area contributed by atoms with Crippen molar-refractivity contribution in [1.82, 2.24) is 9.88 Å². The molecule has 2 amide bonds. The van der Waals surface area contributed by atoms with Crippen molar-refractivity contribution in [2.45, 2.75) is 50.7 Å². The first kappa shape index (κ1) is 19.6. The molecule has 0 spiro atoms. The molecular formula is C24H24FN3O3. The molecule has 2 aliphatic rings. The molecule has 31 heavy (non-hydrogen) atoms. The Balaban J connectivity index is 1.61. The number of hydrogen-bond acceptors (Lipinski definition) is 3. The Morgan fingerprint density at radius 3 is 2.61 bits per heavy atom. The van der Waals surface area contributed by atoms with Gasteiger partial charge >= 0.3 is 0 Å². The summed E-state index contributed by atoms with van der Waals surface area (Å²) >= 11 is 0. The van der Waals surface area contributed by atoms with Crippen LogP contribution in [0.5, 0.6) is 0 Å². The summed E-state index contributed by atoms with van der Waals surface area (Å²) in [5.41, 5.74) is 0.288. The van der Waals surface area contributed by atoms with E-state index in [1.54, 1.807) is 37.5 Å². The highest BCUT2D eigenvalue weighted by molar-refractivity contribution is 6.12. The van der Waals surface area contributed by atoms with Gasteiger partial charge < -0.3 is 14.3 Å². The second-order valence-electron chi connectivity index (χ2n) is 8.52. The number of amides is 2. The van der Waals surface area contributed by atoms with Gasteiger partial charge in [0.15, 0.2) is 0 Å². The molecule has 6 nitrogen and oxygen atoms in total. The van der Waals surface area contributed by atoms with Crippen LogP contribution in [-0.4, -0.2) is 28.0 Å². The Kier molecular flexibility index (Phi) is 4.68. The molecule has 1 saturated carbocycles. The van der Waals surface area contributed by atoms with E-state index in [1.807, 2.05) is 16.7 Å². The number of carbonyl (C=O) groups is 2. The third-order valence-corrected chi connectivity index (χ3v) is 6.38. The maximum absolute atomic E-state index is 14.1. The van der Waals surface area contributed by atoms with E-state index < -0.39 is 11.4 Å². The summed E-state index contributed by atoms with van der Waals surface area (Å²) in [5.74, 6) is -0.418. The molecule has 7 heteroatoms.